The minimum Gasteiger partial charge on any atom is -0.496 e. The smallest absolute Gasteiger partial charge is 0.416 e. The van der Waals surface area contributed by atoms with E-state index < -0.39 is 23.2 Å². The maximum atomic E-state index is 13.3. The van der Waals surface area contributed by atoms with Crippen molar-refractivity contribution in [3.05, 3.63) is 65.5 Å². The van der Waals surface area contributed by atoms with Gasteiger partial charge in [-0.2, -0.15) is 13.2 Å². The van der Waals surface area contributed by atoms with Crippen LogP contribution in [0.2, 0.25) is 0 Å². The van der Waals surface area contributed by atoms with Crippen molar-refractivity contribution in [1.29, 1.82) is 0 Å². The first-order valence-electron chi connectivity index (χ1n) is 9.89. The Kier molecular flexibility index (Phi) is 6.59. The van der Waals surface area contributed by atoms with E-state index in [0.717, 1.165) is 12.1 Å². The molecule has 33 heavy (non-hydrogen) atoms. The number of amides is 1. The molecular formula is C23H23F3N4O3. The summed E-state index contributed by atoms with van der Waals surface area (Å²) in [5, 5.41) is 13.9. The number of methoxy groups -OCH3 is 1. The number of alkyl halides is 3. The van der Waals surface area contributed by atoms with Crippen molar-refractivity contribution in [2.75, 3.05) is 12.4 Å². The number of halogens is 3. The average molecular weight is 460 g/mol. The van der Waals surface area contributed by atoms with Gasteiger partial charge in [-0.05, 0) is 50.1 Å². The highest BCUT2D eigenvalue weighted by molar-refractivity contribution is 5.92. The average Bonchev–Trinajstić information content (AvgIpc) is 2.72. The van der Waals surface area contributed by atoms with E-state index in [0.29, 0.717) is 28.6 Å². The maximum Gasteiger partial charge on any atom is 0.416 e. The van der Waals surface area contributed by atoms with Gasteiger partial charge in [0.05, 0.1) is 23.8 Å². The predicted octanol–water partition coefficient (Wildman–Crippen LogP) is 4.21. The first-order chi connectivity index (χ1) is 15.4. The minimum absolute atomic E-state index is 0.0586. The second-order valence-corrected chi connectivity index (χ2v) is 7.85. The molecule has 0 atom stereocenters. The number of ether oxygens (including phenoxy) is 1. The normalized spacial score (nSPS) is 12.3. The summed E-state index contributed by atoms with van der Waals surface area (Å²) in [7, 11) is 1.49. The molecule has 7 nitrogen and oxygen atoms in total. The zero-order valence-electron chi connectivity index (χ0n) is 18.2. The number of allylic oxidation sites excluding steroid dienone is 1. The number of hydrogen-bond donors (Lipinski definition) is 3. The Labute approximate surface area is 188 Å². The molecule has 0 saturated heterocycles. The number of nitrogens with two attached hydrogens (primary N) is 1. The Morgan fingerprint density at radius 3 is 2.55 bits per heavy atom. The van der Waals surface area contributed by atoms with Crippen molar-refractivity contribution in [1.82, 2.24) is 9.97 Å². The molecule has 4 N–H and O–H groups in total. The van der Waals surface area contributed by atoms with Crippen LogP contribution >= 0.6 is 0 Å². The monoisotopic (exact) mass is 460 g/mol. The maximum absolute atomic E-state index is 13.3. The molecule has 174 valence electrons. The number of aromatic nitrogens is 2. The number of nitrogens with zero attached hydrogens (tertiary/aromatic N) is 2. The van der Waals surface area contributed by atoms with Crippen molar-refractivity contribution in [3.8, 4) is 5.75 Å². The van der Waals surface area contributed by atoms with Gasteiger partial charge in [-0.3, -0.25) is 4.79 Å². The molecule has 0 aliphatic heterocycles. The van der Waals surface area contributed by atoms with Gasteiger partial charge < -0.3 is 20.9 Å². The van der Waals surface area contributed by atoms with E-state index in [1.165, 1.54) is 39.4 Å². The zero-order valence-corrected chi connectivity index (χ0v) is 18.2. The first kappa shape index (κ1) is 24.0. The highest BCUT2D eigenvalue weighted by atomic mass is 19.4. The van der Waals surface area contributed by atoms with E-state index in [-0.39, 0.29) is 17.1 Å². The number of hydrogen-bond acceptors (Lipinski definition) is 6. The first-order valence-corrected chi connectivity index (χ1v) is 9.89. The van der Waals surface area contributed by atoms with Crippen LogP contribution in [0.15, 0.2) is 48.8 Å². The number of carbonyl (C=O) groups is 1. The van der Waals surface area contributed by atoms with Crippen LogP contribution in [-0.2, 0) is 23.0 Å². The summed E-state index contributed by atoms with van der Waals surface area (Å²) < 4.78 is 45.4. The Bertz CT molecular complexity index is 1220. The molecule has 0 saturated carbocycles. The molecule has 0 aliphatic rings. The zero-order chi connectivity index (χ0) is 24.4. The quantitative estimate of drug-likeness (QED) is 0.456. The van der Waals surface area contributed by atoms with Gasteiger partial charge in [0.1, 0.15) is 17.9 Å². The molecule has 10 heteroatoms. The Balaban J connectivity index is 2.13. The van der Waals surface area contributed by atoms with Crippen LogP contribution < -0.4 is 15.8 Å². The van der Waals surface area contributed by atoms with Crippen LogP contribution in [0.25, 0.3) is 10.9 Å². The number of rotatable bonds is 7. The predicted molar refractivity (Wildman–Crippen MR) is 118 cm³/mol. The third-order valence-corrected chi connectivity index (χ3v) is 4.92. The van der Waals surface area contributed by atoms with Gasteiger partial charge in [0, 0.05) is 22.7 Å². The number of fused-ring (bicyclic) bond motifs is 1. The van der Waals surface area contributed by atoms with Crippen molar-refractivity contribution in [3.63, 3.8) is 0 Å². The molecule has 0 aliphatic carbocycles. The fourth-order valence-corrected chi connectivity index (χ4v) is 3.37. The molecule has 3 aromatic rings. The van der Waals surface area contributed by atoms with Gasteiger partial charge >= 0.3 is 6.18 Å². The van der Waals surface area contributed by atoms with Crippen LogP contribution in [0.5, 0.6) is 5.75 Å². The Hall–Kier alpha value is -3.66. The van der Waals surface area contributed by atoms with Gasteiger partial charge in [-0.25, -0.2) is 9.97 Å². The lowest BCUT2D eigenvalue weighted by molar-refractivity contribution is -0.137. The van der Waals surface area contributed by atoms with Crippen LogP contribution in [-0.4, -0.2) is 28.1 Å². The third-order valence-electron chi connectivity index (χ3n) is 4.92. The molecule has 0 unspecified atom stereocenters. The van der Waals surface area contributed by atoms with Crippen LogP contribution in [0, 0.1) is 0 Å². The van der Waals surface area contributed by atoms with E-state index in [1.54, 1.807) is 18.2 Å². The number of aliphatic hydroxyl groups is 1. The summed E-state index contributed by atoms with van der Waals surface area (Å²) in [5.41, 5.74) is 4.35. The van der Waals surface area contributed by atoms with Crippen LogP contribution in [0.1, 0.15) is 30.5 Å². The molecule has 2 aromatic carbocycles. The lowest BCUT2D eigenvalue weighted by atomic mass is 9.94. The number of primary amides is 1. The van der Waals surface area contributed by atoms with Crippen molar-refractivity contribution >= 4 is 28.3 Å². The molecule has 1 aromatic heterocycles. The summed E-state index contributed by atoms with van der Waals surface area (Å²) >= 11 is 0. The SMILES string of the molecule is COc1cc2ncnc(Nc3cc(C(F)(F)F)ccc3C(C)(C)O)c2cc1CC=CC(N)=O. The third kappa shape index (κ3) is 5.58. The van der Waals surface area contributed by atoms with Crippen molar-refractivity contribution in [2.45, 2.75) is 32.0 Å². The summed E-state index contributed by atoms with van der Waals surface area (Å²) in [5.74, 6) is 0.161. The molecule has 0 bridgehead atoms. The number of benzene rings is 2. The highest BCUT2D eigenvalue weighted by Crippen LogP contribution is 2.38. The summed E-state index contributed by atoms with van der Waals surface area (Å²) in [4.78, 5) is 19.4. The van der Waals surface area contributed by atoms with Crippen LogP contribution in [0.4, 0.5) is 24.7 Å². The molecular weight excluding hydrogens is 437 g/mol. The number of carbonyl (C=O) groups excluding carboxylic acids is 1. The lowest BCUT2D eigenvalue weighted by Crippen LogP contribution is -2.19. The second-order valence-electron chi connectivity index (χ2n) is 7.85. The Morgan fingerprint density at radius 1 is 1.21 bits per heavy atom. The van der Waals surface area contributed by atoms with Gasteiger partial charge in [0.15, 0.2) is 0 Å². The van der Waals surface area contributed by atoms with E-state index in [4.69, 9.17) is 10.5 Å². The van der Waals surface area contributed by atoms with Crippen LogP contribution in [0.3, 0.4) is 0 Å². The van der Waals surface area contributed by atoms with Crippen molar-refractivity contribution in [2.24, 2.45) is 5.73 Å². The van der Waals surface area contributed by atoms with Crippen molar-refractivity contribution < 1.29 is 27.8 Å². The second kappa shape index (κ2) is 9.07. The van der Waals surface area contributed by atoms with E-state index in [9.17, 15) is 23.1 Å². The molecule has 3 rings (SSSR count). The van der Waals surface area contributed by atoms with Gasteiger partial charge in [0.25, 0.3) is 0 Å². The fourth-order valence-electron chi connectivity index (χ4n) is 3.37. The molecule has 0 radical (unpaired) electrons. The highest BCUT2D eigenvalue weighted by Gasteiger charge is 2.32. The summed E-state index contributed by atoms with van der Waals surface area (Å²) in [6.45, 7) is 2.96. The van der Waals surface area contributed by atoms with E-state index in [2.05, 4.69) is 15.3 Å². The standard InChI is InChI=1S/C23H23F3N4O3/c1-22(2,32)16-8-7-14(23(24,25)26)10-18(16)30-21-15-9-13(5-4-6-20(27)31)19(33-3)11-17(15)28-12-29-21/h4,6-12,32H,5H2,1-3H3,(H2,27,31)(H,28,29,30). The summed E-state index contributed by atoms with van der Waals surface area (Å²) in [6, 6.07) is 6.47. The van der Waals surface area contributed by atoms with Gasteiger partial charge in [0.2, 0.25) is 5.91 Å². The Morgan fingerprint density at radius 2 is 1.94 bits per heavy atom. The lowest BCUT2D eigenvalue weighted by Gasteiger charge is -2.24. The van der Waals surface area contributed by atoms with E-state index >= 15 is 0 Å². The molecule has 0 spiro atoms. The van der Waals surface area contributed by atoms with E-state index in [1.807, 2.05) is 0 Å². The largest absolute Gasteiger partial charge is 0.496 e. The number of nitrogens with one attached hydrogen (secondary N) is 1. The molecule has 0 fully saturated rings. The summed E-state index contributed by atoms with van der Waals surface area (Å²) in [6.07, 6.45) is -0.177. The minimum atomic E-state index is -4.56. The van der Waals surface area contributed by atoms with Gasteiger partial charge in [-0.1, -0.05) is 12.1 Å². The topological polar surface area (TPSA) is 110 Å². The molecule has 1 heterocycles. The van der Waals surface area contributed by atoms with Gasteiger partial charge in [-0.15, -0.1) is 0 Å². The number of anilines is 2. The fraction of sp³-hybridized carbons (Fsp3) is 0.261. The molecule has 1 amide bonds.